The Bertz CT molecular complexity index is 626. The van der Waals surface area contributed by atoms with Crippen molar-refractivity contribution >= 4 is 23.4 Å². The van der Waals surface area contributed by atoms with Crippen molar-refractivity contribution in [2.75, 3.05) is 19.8 Å². The van der Waals surface area contributed by atoms with Crippen LogP contribution in [-0.2, 0) is 14.3 Å². The van der Waals surface area contributed by atoms with E-state index in [-0.39, 0.29) is 28.5 Å². The summed E-state index contributed by atoms with van der Waals surface area (Å²) in [5.41, 5.74) is 0. The minimum Gasteiger partial charge on any atom is -0.448 e. The average Bonchev–Trinajstić information content (AvgIpc) is 2.78. The highest BCUT2D eigenvalue weighted by molar-refractivity contribution is 6.30. The summed E-state index contributed by atoms with van der Waals surface area (Å²) in [5, 5.41) is 0.145. The summed E-state index contributed by atoms with van der Waals surface area (Å²) in [6.07, 6.45) is 4.41. The standard InChI is InChI=1S/C15H15ClN2O4/c16-14-11(2-1-5-17-14)22-12-8-13(19)18(15(12)20)9-10-3-6-21-7-4-10/h1-2,5,8,10H,3-4,6-7,9H2. The first kappa shape index (κ1) is 15.0. The Morgan fingerprint density at radius 2 is 2.14 bits per heavy atom. The molecule has 7 heteroatoms. The first-order valence-electron chi connectivity index (χ1n) is 7.09. The number of ether oxygens (including phenoxy) is 2. The van der Waals surface area contributed by atoms with E-state index in [4.69, 9.17) is 21.1 Å². The van der Waals surface area contributed by atoms with E-state index in [0.717, 1.165) is 12.8 Å². The van der Waals surface area contributed by atoms with E-state index in [1.165, 1.54) is 17.2 Å². The van der Waals surface area contributed by atoms with Crippen LogP contribution in [-0.4, -0.2) is 41.5 Å². The lowest BCUT2D eigenvalue weighted by molar-refractivity contribution is -0.139. The van der Waals surface area contributed by atoms with Crippen LogP contribution in [0.25, 0.3) is 0 Å². The largest absolute Gasteiger partial charge is 0.448 e. The minimum absolute atomic E-state index is 0.0213. The molecule has 0 aliphatic carbocycles. The van der Waals surface area contributed by atoms with Crippen LogP contribution in [0.15, 0.2) is 30.2 Å². The van der Waals surface area contributed by atoms with Gasteiger partial charge in [0.15, 0.2) is 16.7 Å². The van der Waals surface area contributed by atoms with Gasteiger partial charge in [0.25, 0.3) is 11.8 Å². The van der Waals surface area contributed by atoms with Crippen LogP contribution in [0, 0.1) is 5.92 Å². The molecule has 0 aromatic carbocycles. The minimum atomic E-state index is -0.434. The molecule has 3 heterocycles. The fourth-order valence-corrected chi connectivity index (χ4v) is 2.64. The number of nitrogens with zero attached hydrogens (tertiary/aromatic N) is 2. The quantitative estimate of drug-likeness (QED) is 0.624. The van der Waals surface area contributed by atoms with E-state index >= 15 is 0 Å². The third kappa shape index (κ3) is 3.13. The maximum absolute atomic E-state index is 12.3. The Hall–Kier alpha value is -1.92. The fourth-order valence-electron chi connectivity index (χ4n) is 2.48. The van der Waals surface area contributed by atoms with Crippen molar-refractivity contribution in [3.05, 3.63) is 35.3 Å². The molecular weight excluding hydrogens is 308 g/mol. The average molecular weight is 323 g/mol. The van der Waals surface area contributed by atoms with Gasteiger partial charge >= 0.3 is 0 Å². The predicted octanol–water partition coefficient (Wildman–Crippen LogP) is 1.79. The highest BCUT2D eigenvalue weighted by atomic mass is 35.5. The van der Waals surface area contributed by atoms with Crippen molar-refractivity contribution in [1.29, 1.82) is 0 Å². The van der Waals surface area contributed by atoms with Gasteiger partial charge in [0.1, 0.15) is 0 Å². The molecule has 1 aromatic rings. The number of carbonyl (C=O) groups excluding carboxylic acids is 2. The van der Waals surface area contributed by atoms with E-state index in [0.29, 0.717) is 19.8 Å². The second kappa shape index (κ2) is 6.46. The van der Waals surface area contributed by atoms with Crippen molar-refractivity contribution in [1.82, 2.24) is 9.88 Å². The number of carbonyl (C=O) groups is 2. The van der Waals surface area contributed by atoms with Crippen molar-refractivity contribution < 1.29 is 19.1 Å². The van der Waals surface area contributed by atoms with E-state index < -0.39 is 5.91 Å². The molecule has 0 bridgehead atoms. The molecule has 2 aliphatic heterocycles. The van der Waals surface area contributed by atoms with Crippen molar-refractivity contribution in [2.45, 2.75) is 12.8 Å². The van der Waals surface area contributed by atoms with Gasteiger partial charge in [0.2, 0.25) is 0 Å². The van der Waals surface area contributed by atoms with Crippen molar-refractivity contribution in [3.63, 3.8) is 0 Å². The zero-order chi connectivity index (χ0) is 15.5. The summed E-state index contributed by atoms with van der Waals surface area (Å²) < 4.78 is 10.7. The number of hydrogen-bond acceptors (Lipinski definition) is 5. The van der Waals surface area contributed by atoms with Crippen LogP contribution < -0.4 is 4.74 Å². The number of hydrogen-bond donors (Lipinski definition) is 0. The molecule has 22 heavy (non-hydrogen) atoms. The molecule has 0 unspecified atom stereocenters. The van der Waals surface area contributed by atoms with Gasteiger partial charge in [-0.05, 0) is 30.9 Å². The Kier molecular flexibility index (Phi) is 4.40. The number of halogens is 1. The SMILES string of the molecule is O=C1C=C(Oc2cccnc2Cl)C(=O)N1CC1CCOCC1. The summed E-state index contributed by atoms with van der Waals surface area (Å²) in [5.74, 6) is -0.282. The van der Waals surface area contributed by atoms with Crippen LogP contribution in [0.1, 0.15) is 12.8 Å². The lowest BCUT2D eigenvalue weighted by Gasteiger charge is -2.25. The molecule has 0 saturated carbocycles. The monoisotopic (exact) mass is 322 g/mol. The molecule has 1 aromatic heterocycles. The van der Waals surface area contributed by atoms with Crippen LogP contribution in [0.4, 0.5) is 0 Å². The third-order valence-corrected chi connectivity index (χ3v) is 3.99. The van der Waals surface area contributed by atoms with E-state index in [2.05, 4.69) is 4.98 Å². The Morgan fingerprint density at radius 1 is 1.36 bits per heavy atom. The lowest BCUT2D eigenvalue weighted by Crippen LogP contribution is -2.37. The summed E-state index contributed by atoms with van der Waals surface area (Å²) in [6.45, 7) is 1.73. The van der Waals surface area contributed by atoms with Gasteiger partial charge in [-0.15, -0.1) is 0 Å². The van der Waals surface area contributed by atoms with Gasteiger partial charge in [-0.1, -0.05) is 11.6 Å². The summed E-state index contributed by atoms with van der Waals surface area (Å²) in [7, 11) is 0. The van der Waals surface area contributed by atoms with Crippen LogP contribution in [0.3, 0.4) is 0 Å². The number of aromatic nitrogens is 1. The highest BCUT2D eigenvalue weighted by Gasteiger charge is 2.35. The molecule has 3 rings (SSSR count). The fraction of sp³-hybridized carbons (Fsp3) is 0.400. The van der Waals surface area contributed by atoms with Gasteiger partial charge in [0, 0.05) is 26.0 Å². The zero-order valence-electron chi connectivity index (χ0n) is 11.8. The molecule has 0 N–H and O–H groups in total. The maximum atomic E-state index is 12.3. The summed E-state index contributed by atoms with van der Waals surface area (Å²) in [6, 6.07) is 3.23. The van der Waals surface area contributed by atoms with E-state index in [1.807, 2.05) is 0 Å². The highest BCUT2D eigenvalue weighted by Crippen LogP contribution is 2.26. The van der Waals surface area contributed by atoms with Gasteiger partial charge in [0.05, 0.1) is 6.08 Å². The predicted molar refractivity (Wildman–Crippen MR) is 78.2 cm³/mol. The van der Waals surface area contributed by atoms with Crippen LogP contribution in [0.5, 0.6) is 5.75 Å². The topological polar surface area (TPSA) is 68.7 Å². The molecular formula is C15H15ClN2O4. The molecule has 0 radical (unpaired) electrons. The van der Waals surface area contributed by atoms with Gasteiger partial charge in [-0.25, -0.2) is 4.98 Å². The molecule has 0 spiro atoms. The lowest BCUT2D eigenvalue weighted by atomic mass is 10.00. The van der Waals surface area contributed by atoms with Crippen molar-refractivity contribution in [3.8, 4) is 5.75 Å². The Balaban J connectivity index is 1.67. The molecule has 1 fully saturated rings. The number of amides is 2. The molecule has 6 nitrogen and oxygen atoms in total. The number of imide groups is 1. The second-order valence-corrected chi connectivity index (χ2v) is 5.57. The first-order chi connectivity index (χ1) is 10.6. The van der Waals surface area contributed by atoms with Gasteiger partial charge < -0.3 is 9.47 Å². The summed E-state index contributed by atoms with van der Waals surface area (Å²) in [4.78, 5) is 29.4. The molecule has 2 amide bonds. The van der Waals surface area contributed by atoms with Crippen molar-refractivity contribution in [2.24, 2.45) is 5.92 Å². The summed E-state index contributed by atoms with van der Waals surface area (Å²) >= 11 is 5.89. The number of pyridine rings is 1. The molecule has 2 aliphatic rings. The van der Waals surface area contributed by atoms with Crippen LogP contribution >= 0.6 is 11.6 Å². The Labute approximate surface area is 132 Å². The van der Waals surface area contributed by atoms with E-state index in [9.17, 15) is 9.59 Å². The molecule has 1 saturated heterocycles. The maximum Gasteiger partial charge on any atom is 0.296 e. The normalized spacial score (nSPS) is 19.5. The zero-order valence-corrected chi connectivity index (χ0v) is 12.6. The number of rotatable bonds is 4. The molecule has 0 atom stereocenters. The Morgan fingerprint density at radius 3 is 2.86 bits per heavy atom. The smallest absolute Gasteiger partial charge is 0.296 e. The molecule has 116 valence electrons. The third-order valence-electron chi connectivity index (χ3n) is 3.70. The van der Waals surface area contributed by atoms with E-state index in [1.54, 1.807) is 12.1 Å². The van der Waals surface area contributed by atoms with Gasteiger partial charge in [-0.3, -0.25) is 14.5 Å². The van der Waals surface area contributed by atoms with Gasteiger partial charge in [-0.2, -0.15) is 0 Å². The first-order valence-corrected chi connectivity index (χ1v) is 7.46. The second-order valence-electron chi connectivity index (χ2n) is 5.21. The van der Waals surface area contributed by atoms with Crippen LogP contribution in [0.2, 0.25) is 5.15 Å².